The van der Waals surface area contributed by atoms with Crippen LogP contribution in [0, 0.1) is 5.82 Å². The number of anilines is 1. The molecule has 0 radical (unpaired) electrons. The molecule has 240 valence electrons. The van der Waals surface area contributed by atoms with Crippen molar-refractivity contribution >= 4 is 34.4 Å². The first kappa shape index (κ1) is 32.1. The van der Waals surface area contributed by atoms with E-state index in [4.69, 9.17) is 0 Å². The molecule has 1 aromatic carbocycles. The molecule has 1 aliphatic heterocycles. The highest BCUT2D eigenvalue weighted by atomic mass is 19.1. The van der Waals surface area contributed by atoms with E-state index in [0.717, 1.165) is 31.7 Å². The number of hydrogen-bond acceptors (Lipinski definition) is 5. The average Bonchev–Trinajstić information content (AvgIpc) is 3.88. The first-order valence-corrected chi connectivity index (χ1v) is 16.2. The van der Waals surface area contributed by atoms with Gasteiger partial charge in [0.05, 0.1) is 16.8 Å². The van der Waals surface area contributed by atoms with Gasteiger partial charge in [-0.3, -0.25) is 14.4 Å². The Kier molecular flexibility index (Phi) is 10.5. The Bertz CT molecular complexity index is 1590. The number of aromatic carboxylic acids is 1. The number of nitrogens with zero attached hydrogens (tertiary/aromatic N) is 4. The quantitative estimate of drug-likeness (QED) is 0.205. The number of carbonyl (C=O) groups is 3. The Morgan fingerprint density at radius 3 is 2.29 bits per heavy atom. The first-order valence-electron chi connectivity index (χ1n) is 16.2. The molecule has 2 fully saturated rings. The molecule has 0 spiro atoms. The normalized spacial score (nSPS) is 15.0. The van der Waals surface area contributed by atoms with Crippen LogP contribution >= 0.6 is 0 Å². The second kappa shape index (κ2) is 14.7. The summed E-state index contributed by atoms with van der Waals surface area (Å²) in [6, 6.07) is 6.29. The molecule has 45 heavy (non-hydrogen) atoms. The van der Waals surface area contributed by atoms with Crippen molar-refractivity contribution in [3.63, 3.8) is 0 Å². The molecule has 0 atom stereocenters. The highest BCUT2D eigenvalue weighted by molar-refractivity contribution is 5.95. The van der Waals surface area contributed by atoms with Gasteiger partial charge in [0, 0.05) is 62.5 Å². The second-order valence-corrected chi connectivity index (χ2v) is 12.1. The topological polar surface area (TPSA) is 116 Å². The van der Waals surface area contributed by atoms with Crippen molar-refractivity contribution in [1.29, 1.82) is 0 Å². The standard InChI is InChI=1S/C34H42FN5O5/c1-2-3-4-5-6-7-8-13-36-31(41)23-37-14-11-24(12-15-37)33(43)39-18-16-38(17-19-39)30-21-29-26(20-28(30)35)32(42)27(34(44)45)22-40(29)25-9-10-25/h11-12,14-15,20-22,25H,2-10,13,16-19,23H2,1H3,(H-,36,41,44,45)/p+1. The van der Waals surface area contributed by atoms with Gasteiger partial charge in [0.15, 0.2) is 12.4 Å². The molecule has 1 saturated heterocycles. The maximum atomic E-state index is 15.3. The molecule has 5 rings (SSSR count). The van der Waals surface area contributed by atoms with Crippen molar-refractivity contribution in [1.82, 2.24) is 14.8 Å². The van der Waals surface area contributed by atoms with Crippen molar-refractivity contribution in [2.75, 3.05) is 37.6 Å². The molecule has 1 aliphatic carbocycles. The third-order valence-corrected chi connectivity index (χ3v) is 8.75. The molecule has 2 aromatic heterocycles. The maximum absolute atomic E-state index is 15.3. The Morgan fingerprint density at radius 1 is 0.978 bits per heavy atom. The van der Waals surface area contributed by atoms with Gasteiger partial charge in [-0.2, -0.15) is 4.57 Å². The molecule has 3 heterocycles. The number of unbranched alkanes of at least 4 members (excludes halogenated alkanes) is 6. The summed E-state index contributed by atoms with van der Waals surface area (Å²) in [5.74, 6) is -2.11. The van der Waals surface area contributed by atoms with Crippen LogP contribution in [0.4, 0.5) is 10.1 Å². The Labute approximate surface area is 262 Å². The van der Waals surface area contributed by atoms with Crippen molar-refractivity contribution in [2.45, 2.75) is 77.3 Å². The van der Waals surface area contributed by atoms with Gasteiger partial charge in [0.2, 0.25) is 12.0 Å². The highest BCUT2D eigenvalue weighted by Gasteiger charge is 2.29. The summed E-state index contributed by atoms with van der Waals surface area (Å²) in [5.41, 5.74) is 0.317. The number of halogens is 1. The number of amides is 2. The number of hydrogen-bond donors (Lipinski definition) is 2. The zero-order chi connectivity index (χ0) is 31.9. The number of rotatable bonds is 14. The van der Waals surface area contributed by atoms with Crippen LogP contribution in [0.5, 0.6) is 0 Å². The van der Waals surface area contributed by atoms with E-state index < -0.39 is 17.2 Å². The number of carboxylic acids is 1. The molecule has 2 N–H and O–H groups in total. The van der Waals surface area contributed by atoms with E-state index in [2.05, 4.69) is 12.2 Å². The molecule has 2 amide bonds. The Balaban J connectivity index is 1.14. The van der Waals surface area contributed by atoms with Gasteiger partial charge in [0.1, 0.15) is 11.4 Å². The monoisotopic (exact) mass is 620 g/mol. The van der Waals surface area contributed by atoms with Gasteiger partial charge in [-0.15, -0.1) is 0 Å². The van der Waals surface area contributed by atoms with Gasteiger partial charge in [-0.25, -0.2) is 9.18 Å². The second-order valence-electron chi connectivity index (χ2n) is 12.1. The molecule has 3 aromatic rings. The van der Waals surface area contributed by atoms with Crippen molar-refractivity contribution in [3.05, 3.63) is 70.0 Å². The van der Waals surface area contributed by atoms with E-state index >= 15 is 4.39 Å². The molecule has 1 saturated carbocycles. The van der Waals surface area contributed by atoms with E-state index in [9.17, 15) is 24.3 Å². The van der Waals surface area contributed by atoms with E-state index in [0.29, 0.717) is 49.5 Å². The lowest BCUT2D eigenvalue weighted by molar-refractivity contribution is -0.684. The fraction of sp³-hybridized carbons (Fsp3) is 0.500. The number of carboxylic acid groups (broad SMARTS) is 1. The Hall–Kier alpha value is -4.28. The summed E-state index contributed by atoms with van der Waals surface area (Å²) < 4.78 is 18.9. The summed E-state index contributed by atoms with van der Waals surface area (Å²) in [6.07, 6.45) is 14.9. The van der Waals surface area contributed by atoms with Crippen LogP contribution in [-0.4, -0.2) is 65.1 Å². The summed E-state index contributed by atoms with van der Waals surface area (Å²) in [5, 5.41) is 12.5. The molecular weight excluding hydrogens is 577 g/mol. The van der Waals surface area contributed by atoms with Gasteiger partial charge < -0.3 is 24.8 Å². The molecule has 10 nitrogen and oxygen atoms in total. The minimum absolute atomic E-state index is 0.0569. The minimum atomic E-state index is -1.32. The van der Waals surface area contributed by atoms with Crippen molar-refractivity contribution in [2.24, 2.45) is 0 Å². The molecule has 2 aliphatic rings. The van der Waals surface area contributed by atoms with E-state index in [1.54, 1.807) is 44.6 Å². The summed E-state index contributed by atoms with van der Waals surface area (Å²) >= 11 is 0. The third kappa shape index (κ3) is 7.87. The maximum Gasteiger partial charge on any atom is 0.341 e. The molecule has 11 heteroatoms. The zero-order valence-electron chi connectivity index (χ0n) is 26.0. The fourth-order valence-electron chi connectivity index (χ4n) is 5.98. The van der Waals surface area contributed by atoms with Crippen LogP contribution < -0.4 is 20.2 Å². The molecule has 0 bridgehead atoms. The van der Waals surface area contributed by atoms with Crippen LogP contribution in [0.1, 0.15) is 91.5 Å². The van der Waals surface area contributed by atoms with Crippen molar-refractivity contribution < 1.29 is 28.4 Å². The van der Waals surface area contributed by atoms with Gasteiger partial charge >= 0.3 is 5.97 Å². The summed E-state index contributed by atoms with van der Waals surface area (Å²) in [4.78, 5) is 53.5. The zero-order valence-corrected chi connectivity index (χ0v) is 26.0. The average molecular weight is 621 g/mol. The van der Waals surface area contributed by atoms with Crippen LogP contribution in [0.3, 0.4) is 0 Å². The van der Waals surface area contributed by atoms with E-state index in [1.807, 2.05) is 4.90 Å². The lowest BCUT2D eigenvalue weighted by atomic mass is 10.1. The smallest absolute Gasteiger partial charge is 0.341 e. The molecular formula is C34H43FN5O5+. The first-order chi connectivity index (χ1) is 21.8. The van der Waals surface area contributed by atoms with Crippen LogP contribution in [0.2, 0.25) is 0 Å². The highest BCUT2D eigenvalue weighted by Crippen LogP contribution is 2.38. The predicted molar refractivity (Wildman–Crippen MR) is 169 cm³/mol. The summed E-state index contributed by atoms with van der Waals surface area (Å²) in [7, 11) is 0. The lowest BCUT2D eigenvalue weighted by Crippen LogP contribution is -2.49. The van der Waals surface area contributed by atoms with Crippen LogP contribution in [-0.2, 0) is 11.3 Å². The number of nitrogens with one attached hydrogen (secondary N) is 1. The number of pyridine rings is 2. The number of fused-ring (bicyclic) bond motifs is 1. The third-order valence-electron chi connectivity index (χ3n) is 8.75. The summed E-state index contributed by atoms with van der Waals surface area (Å²) in [6.45, 7) is 4.65. The van der Waals surface area contributed by atoms with Gasteiger partial charge in [-0.05, 0) is 31.4 Å². The minimum Gasteiger partial charge on any atom is -0.477 e. The van der Waals surface area contributed by atoms with E-state index in [-0.39, 0.29) is 35.4 Å². The SMILES string of the molecule is CCCCCCCCCNC(=O)C[n+]1ccc(C(=O)N2CCN(c3cc4c(cc3F)c(=O)c(C(=O)O)cn4C3CC3)CC2)cc1. The lowest BCUT2D eigenvalue weighted by Gasteiger charge is -2.36. The number of benzene rings is 1. The fourth-order valence-corrected chi connectivity index (χ4v) is 5.98. The number of piperazine rings is 1. The largest absolute Gasteiger partial charge is 0.477 e. The Morgan fingerprint density at radius 2 is 1.64 bits per heavy atom. The van der Waals surface area contributed by atoms with Crippen LogP contribution in [0.25, 0.3) is 10.9 Å². The predicted octanol–water partition coefficient (Wildman–Crippen LogP) is 4.29. The van der Waals surface area contributed by atoms with Gasteiger partial charge in [-0.1, -0.05) is 45.4 Å². The van der Waals surface area contributed by atoms with Crippen molar-refractivity contribution in [3.8, 4) is 0 Å². The van der Waals surface area contributed by atoms with Gasteiger partial charge in [0.25, 0.3) is 11.8 Å². The number of aromatic nitrogens is 2. The molecule has 0 unspecified atom stereocenters. The van der Waals surface area contributed by atoms with E-state index in [1.165, 1.54) is 38.3 Å². The number of carbonyl (C=O) groups excluding carboxylic acids is 2. The van der Waals surface area contributed by atoms with Crippen LogP contribution in [0.15, 0.2) is 47.7 Å².